The number of imide groups is 1. The lowest BCUT2D eigenvalue weighted by molar-refractivity contribution is -0.153. The zero-order chi connectivity index (χ0) is 16.4. The third-order valence-corrected chi connectivity index (χ3v) is 3.14. The van der Waals surface area contributed by atoms with Crippen molar-refractivity contribution in [2.45, 2.75) is 59.6 Å². The van der Waals surface area contributed by atoms with Gasteiger partial charge in [0.05, 0.1) is 6.61 Å². The molecular formula is C15H23NO5. The quantitative estimate of drug-likeness (QED) is 0.732. The third-order valence-electron chi connectivity index (χ3n) is 3.14. The minimum absolute atomic E-state index is 0.188. The highest BCUT2D eigenvalue weighted by molar-refractivity contribution is 6.06. The number of hydrogen-bond acceptors (Lipinski definition) is 5. The molecule has 1 aliphatic heterocycles. The summed E-state index contributed by atoms with van der Waals surface area (Å²) in [4.78, 5) is 37.5. The molecule has 1 atom stereocenters. The van der Waals surface area contributed by atoms with Gasteiger partial charge in [-0.3, -0.25) is 4.79 Å². The van der Waals surface area contributed by atoms with E-state index in [0.29, 0.717) is 5.57 Å². The maximum Gasteiger partial charge on any atom is 0.418 e. The van der Waals surface area contributed by atoms with E-state index in [1.807, 2.05) is 0 Å². The van der Waals surface area contributed by atoms with Gasteiger partial charge in [-0.05, 0) is 41.5 Å². The number of esters is 1. The van der Waals surface area contributed by atoms with Gasteiger partial charge < -0.3 is 9.47 Å². The predicted molar refractivity (Wildman–Crippen MR) is 76.5 cm³/mol. The summed E-state index contributed by atoms with van der Waals surface area (Å²) in [5.74, 6) is -1.10. The summed E-state index contributed by atoms with van der Waals surface area (Å²) in [6.45, 7) is 10.4. The van der Waals surface area contributed by atoms with E-state index in [9.17, 15) is 14.4 Å². The van der Waals surface area contributed by atoms with Gasteiger partial charge in [0.2, 0.25) is 0 Å². The summed E-state index contributed by atoms with van der Waals surface area (Å²) >= 11 is 0. The van der Waals surface area contributed by atoms with E-state index in [2.05, 4.69) is 0 Å². The minimum atomic E-state index is -0.962. The van der Waals surface area contributed by atoms with Crippen molar-refractivity contribution < 1.29 is 23.9 Å². The summed E-state index contributed by atoms with van der Waals surface area (Å²) < 4.78 is 10.2. The third kappa shape index (κ3) is 4.06. The Morgan fingerprint density at radius 3 is 2.33 bits per heavy atom. The normalized spacial score (nSPS) is 19.6. The average molecular weight is 297 g/mol. The van der Waals surface area contributed by atoms with Crippen LogP contribution < -0.4 is 0 Å². The molecule has 0 N–H and O–H groups in total. The van der Waals surface area contributed by atoms with Crippen molar-refractivity contribution in [3.63, 3.8) is 0 Å². The molecule has 21 heavy (non-hydrogen) atoms. The van der Waals surface area contributed by atoms with Gasteiger partial charge >= 0.3 is 12.1 Å². The first-order valence-electron chi connectivity index (χ1n) is 6.98. The monoisotopic (exact) mass is 297 g/mol. The van der Waals surface area contributed by atoms with Gasteiger partial charge in [-0.15, -0.1) is 0 Å². The van der Waals surface area contributed by atoms with Gasteiger partial charge in [0.15, 0.2) is 0 Å². The molecule has 0 aliphatic carbocycles. The highest BCUT2D eigenvalue weighted by Crippen LogP contribution is 2.26. The fourth-order valence-corrected chi connectivity index (χ4v) is 1.99. The van der Waals surface area contributed by atoms with Gasteiger partial charge in [-0.2, -0.15) is 0 Å². The first kappa shape index (κ1) is 17.2. The summed E-state index contributed by atoms with van der Waals surface area (Å²) in [5, 5.41) is 0. The fourth-order valence-electron chi connectivity index (χ4n) is 1.99. The van der Waals surface area contributed by atoms with E-state index in [0.717, 1.165) is 10.5 Å². The van der Waals surface area contributed by atoms with Crippen LogP contribution in [0.3, 0.4) is 0 Å². The molecule has 1 rings (SSSR count). The molecule has 0 aromatic rings. The Bertz CT molecular complexity index is 487. The molecule has 118 valence electrons. The van der Waals surface area contributed by atoms with Gasteiger partial charge in [0.1, 0.15) is 11.6 Å². The molecule has 0 aromatic carbocycles. The maximum atomic E-state index is 12.3. The van der Waals surface area contributed by atoms with Crippen LogP contribution in [-0.2, 0) is 19.1 Å². The Morgan fingerprint density at radius 2 is 1.86 bits per heavy atom. The Labute approximate surface area is 125 Å². The molecule has 0 saturated heterocycles. The van der Waals surface area contributed by atoms with Crippen LogP contribution in [0.25, 0.3) is 0 Å². The van der Waals surface area contributed by atoms with Crippen molar-refractivity contribution in [2.75, 3.05) is 6.61 Å². The van der Waals surface area contributed by atoms with E-state index >= 15 is 0 Å². The van der Waals surface area contributed by atoms with Crippen LogP contribution in [0, 0.1) is 0 Å². The highest BCUT2D eigenvalue weighted by Gasteiger charge is 2.42. The number of nitrogens with zero attached hydrogens (tertiary/aromatic N) is 1. The maximum absolute atomic E-state index is 12.3. The van der Waals surface area contributed by atoms with Crippen molar-refractivity contribution in [3.05, 3.63) is 11.1 Å². The molecular weight excluding hydrogens is 274 g/mol. The molecule has 0 fully saturated rings. The van der Waals surface area contributed by atoms with Crippen molar-refractivity contribution >= 4 is 18.0 Å². The second-order valence-corrected chi connectivity index (χ2v) is 6.03. The number of carbonyl (C=O) groups is 3. The van der Waals surface area contributed by atoms with Gasteiger partial charge in [-0.1, -0.05) is 5.57 Å². The van der Waals surface area contributed by atoms with Crippen molar-refractivity contribution in [1.82, 2.24) is 4.90 Å². The Kier molecular flexibility index (Phi) is 5.15. The second-order valence-electron chi connectivity index (χ2n) is 6.03. The number of rotatable bonds is 2. The Hall–Kier alpha value is -1.85. The zero-order valence-electron chi connectivity index (χ0n) is 13.5. The van der Waals surface area contributed by atoms with E-state index < -0.39 is 29.6 Å². The molecule has 0 saturated carbocycles. The largest absolute Gasteiger partial charge is 0.464 e. The highest BCUT2D eigenvalue weighted by atomic mass is 16.6. The molecule has 1 unspecified atom stereocenters. The summed E-state index contributed by atoms with van der Waals surface area (Å²) in [6, 6.07) is -0.962. The van der Waals surface area contributed by atoms with E-state index in [1.165, 1.54) is 0 Å². The lowest BCUT2D eigenvalue weighted by Gasteiger charge is -2.34. The van der Waals surface area contributed by atoms with Gasteiger partial charge in [0, 0.05) is 12.0 Å². The molecule has 0 aromatic heterocycles. The van der Waals surface area contributed by atoms with Crippen LogP contribution in [0.1, 0.15) is 48.0 Å². The first-order valence-corrected chi connectivity index (χ1v) is 6.98. The van der Waals surface area contributed by atoms with Crippen LogP contribution in [0.15, 0.2) is 11.1 Å². The first-order chi connectivity index (χ1) is 9.58. The topological polar surface area (TPSA) is 72.9 Å². The Balaban J connectivity index is 3.12. The number of carbonyl (C=O) groups excluding carboxylic acids is 3. The number of ether oxygens (including phenoxy) is 2. The lowest BCUT2D eigenvalue weighted by Crippen LogP contribution is -2.53. The molecule has 6 nitrogen and oxygen atoms in total. The van der Waals surface area contributed by atoms with E-state index in [4.69, 9.17) is 9.47 Å². The summed E-state index contributed by atoms with van der Waals surface area (Å²) in [7, 11) is 0. The average Bonchev–Trinajstić information content (AvgIpc) is 2.33. The number of hydrogen-bond donors (Lipinski definition) is 0. The fraction of sp³-hybridized carbons (Fsp3) is 0.667. The summed E-state index contributed by atoms with van der Waals surface area (Å²) in [5.41, 5.74) is 0.486. The molecule has 1 aliphatic rings. The standard InChI is InChI=1S/C15H23NO5/c1-7-20-13(18)11-8-9(2)10(3)12(17)16(11)14(19)21-15(4,5)6/h11H,7-8H2,1-6H3. The molecule has 0 radical (unpaired) electrons. The van der Waals surface area contributed by atoms with Crippen LogP contribution >= 0.6 is 0 Å². The lowest BCUT2D eigenvalue weighted by atomic mass is 9.96. The zero-order valence-corrected chi connectivity index (χ0v) is 13.5. The molecule has 0 bridgehead atoms. The smallest absolute Gasteiger partial charge is 0.418 e. The van der Waals surface area contributed by atoms with Crippen molar-refractivity contribution in [1.29, 1.82) is 0 Å². The molecule has 0 spiro atoms. The Morgan fingerprint density at radius 1 is 1.29 bits per heavy atom. The van der Waals surface area contributed by atoms with Gasteiger partial charge in [-0.25, -0.2) is 14.5 Å². The van der Waals surface area contributed by atoms with E-state index in [1.54, 1.807) is 41.5 Å². The van der Waals surface area contributed by atoms with Crippen molar-refractivity contribution in [3.8, 4) is 0 Å². The van der Waals surface area contributed by atoms with E-state index in [-0.39, 0.29) is 13.0 Å². The summed E-state index contributed by atoms with van der Waals surface area (Å²) in [6.07, 6.45) is -0.548. The number of amides is 2. The van der Waals surface area contributed by atoms with Crippen molar-refractivity contribution in [2.24, 2.45) is 0 Å². The molecule has 2 amide bonds. The predicted octanol–water partition coefficient (Wildman–Crippen LogP) is 2.42. The van der Waals surface area contributed by atoms with Crippen LogP contribution in [-0.4, -0.2) is 41.1 Å². The molecule has 1 heterocycles. The SMILES string of the molecule is CCOC(=O)C1CC(C)=C(C)C(=O)N1C(=O)OC(C)(C)C. The van der Waals surface area contributed by atoms with Crippen LogP contribution in [0.2, 0.25) is 0 Å². The molecule has 6 heteroatoms. The van der Waals surface area contributed by atoms with Gasteiger partial charge in [0.25, 0.3) is 5.91 Å². The van der Waals surface area contributed by atoms with Crippen LogP contribution in [0.4, 0.5) is 4.79 Å². The minimum Gasteiger partial charge on any atom is -0.464 e. The second kappa shape index (κ2) is 6.28. The van der Waals surface area contributed by atoms with Crippen LogP contribution in [0.5, 0.6) is 0 Å².